The molecule has 0 aliphatic heterocycles. The van der Waals surface area contributed by atoms with Crippen LogP contribution in [-0.2, 0) is 23.8 Å². The number of amides is 1. The molecule has 0 saturated carbocycles. The monoisotopic (exact) mass is 313 g/mol. The van der Waals surface area contributed by atoms with E-state index < -0.39 is 29.7 Å². The first-order valence-electron chi connectivity index (χ1n) is 6.73. The van der Waals surface area contributed by atoms with Crippen LogP contribution in [0.15, 0.2) is 25.3 Å². The van der Waals surface area contributed by atoms with Gasteiger partial charge < -0.3 is 19.5 Å². The van der Waals surface area contributed by atoms with Gasteiger partial charge in [-0.1, -0.05) is 25.3 Å². The summed E-state index contributed by atoms with van der Waals surface area (Å²) in [7, 11) is 0. The topological polar surface area (TPSA) is 90.9 Å². The van der Waals surface area contributed by atoms with Gasteiger partial charge in [0.2, 0.25) is 0 Å². The molecular formula is C15H23NO6. The number of esters is 2. The van der Waals surface area contributed by atoms with Crippen molar-refractivity contribution >= 4 is 18.0 Å². The van der Waals surface area contributed by atoms with Crippen LogP contribution >= 0.6 is 0 Å². The van der Waals surface area contributed by atoms with Crippen molar-refractivity contribution in [2.75, 3.05) is 13.2 Å². The molecule has 0 unspecified atom stereocenters. The quantitative estimate of drug-likeness (QED) is 0.417. The van der Waals surface area contributed by atoms with E-state index in [1.165, 1.54) is 12.2 Å². The molecule has 0 aromatic rings. The Hall–Kier alpha value is -2.31. The Kier molecular flexibility index (Phi) is 8.59. The van der Waals surface area contributed by atoms with Crippen LogP contribution in [0.5, 0.6) is 0 Å². The van der Waals surface area contributed by atoms with Crippen molar-refractivity contribution in [2.45, 2.75) is 38.8 Å². The van der Waals surface area contributed by atoms with Crippen LogP contribution < -0.4 is 5.32 Å². The molecule has 0 saturated heterocycles. The third-order valence-electron chi connectivity index (χ3n) is 2.05. The zero-order valence-corrected chi connectivity index (χ0v) is 13.2. The highest BCUT2D eigenvalue weighted by Gasteiger charge is 2.28. The van der Waals surface area contributed by atoms with Crippen LogP contribution in [-0.4, -0.2) is 42.9 Å². The van der Waals surface area contributed by atoms with E-state index in [1.807, 2.05) is 0 Å². The summed E-state index contributed by atoms with van der Waals surface area (Å²) in [6.07, 6.45) is 1.57. The van der Waals surface area contributed by atoms with Crippen LogP contribution in [0.3, 0.4) is 0 Å². The predicted molar refractivity (Wildman–Crippen MR) is 80.1 cm³/mol. The molecule has 7 heteroatoms. The van der Waals surface area contributed by atoms with E-state index in [4.69, 9.17) is 14.2 Å². The number of carbonyl (C=O) groups excluding carboxylic acids is 3. The number of rotatable bonds is 8. The van der Waals surface area contributed by atoms with E-state index in [2.05, 4.69) is 18.5 Å². The lowest BCUT2D eigenvalue weighted by molar-refractivity contribution is -0.151. The van der Waals surface area contributed by atoms with Crippen LogP contribution in [0.1, 0.15) is 27.2 Å². The molecule has 0 bridgehead atoms. The molecule has 7 nitrogen and oxygen atoms in total. The van der Waals surface area contributed by atoms with Crippen molar-refractivity contribution in [3.63, 3.8) is 0 Å². The molecule has 0 spiro atoms. The van der Waals surface area contributed by atoms with E-state index in [-0.39, 0.29) is 19.6 Å². The Balaban J connectivity index is 4.73. The third-order valence-corrected chi connectivity index (χ3v) is 2.05. The van der Waals surface area contributed by atoms with E-state index in [9.17, 15) is 14.4 Å². The zero-order chi connectivity index (χ0) is 17.2. The molecule has 124 valence electrons. The lowest BCUT2D eigenvalue weighted by Crippen LogP contribution is -2.45. The van der Waals surface area contributed by atoms with Gasteiger partial charge in [-0.05, 0) is 20.8 Å². The third kappa shape index (κ3) is 9.57. The van der Waals surface area contributed by atoms with Gasteiger partial charge in [-0.2, -0.15) is 0 Å². The van der Waals surface area contributed by atoms with Gasteiger partial charge in [0.25, 0.3) is 0 Å². The highest BCUT2D eigenvalue weighted by molar-refractivity contribution is 5.86. The van der Waals surface area contributed by atoms with Gasteiger partial charge in [0, 0.05) is 0 Å². The van der Waals surface area contributed by atoms with Gasteiger partial charge in [0.15, 0.2) is 0 Å². The fourth-order valence-electron chi connectivity index (χ4n) is 1.26. The molecule has 0 aliphatic carbocycles. The van der Waals surface area contributed by atoms with Crippen molar-refractivity contribution in [1.29, 1.82) is 0 Å². The number of hydrogen-bond acceptors (Lipinski definition) is 6. The second kappa shape index (κ2) is 9.59. The van der Waals surface area contributed by atoms with Crippen LogP contribution in [0.4, 0.5) is 4.79 Å². The number of nitrogens with one attached hydrogen (secondary N) is 1. The molecule has 0 rings (SSSR count). The summed E-state index contributed by atoms with van der Waals surface area (Å²) in [5, 5.41) is 2.29. The van der Waals surface area contributed by atoms with E-state index in [0.717, 1.165) is 0 Å². The molecule has 0 aromatic carbocycles. The molecular weight excluding hydrogens is 290 g/mol. The summed E-state index contributed by atoms with van der Waals surface area (Å²) in [6.45, 7) is 11.8. The minimum atomic E-state index is -1.20. The maximum absolute atomic E-state index is 11.8. The Morgan fingerprint density at radius 3 is 2.14 bits per heavy atom. The Morgan fingerprint density at radius 1 is 1.09 bits per heavy atom. The van der Waals surface area contributed by atoms with E-state index >= 15 is 0 Å². The maximum atomic E-state index is 11.8. The van der Waals surface area contributed by atoms with Crippen LogP contribution in [0.25, 0.3) is 0 Å². The smallest absolute Gasteiger partial charge is 0.408 e. The number of carbonyl (C=O) groups is 3. The standard InChI is InChI=1S/C15H23NO6/c1-6-8-20-12(17)10-11(13(18)21-9-7-2)16-14(19)22-15(3,4)5/h6-7,11H,1-2,8-10H2,3-5H3,(H,16,19)/t11-/m0/s1. The molecule has 0 aliphatic rings. The van der Waals surface area contributed by atoms with Crippen molar-refractivity contribution in [3.05, 3.63) is 25.3 Å². The van der Waals surface area contributed by atoms with Gasteiger partial charge in [-0.3, -0.25) is 4.79 Å². The molecule has 1 N–H and O–H groups in total. The molecule has 0 fully saturated rings. The summed E-state index contributed by atoms with van der Waals surface area (Å²) < 4.78 is 14.7. The lowest BCUT2D eigenvalue weighted by atomic mass is 10.2. The summed E-state index contributed by atoms with van der Waals surface area (Å²) in [5.41, 5.74) is -0.733. The second-order valence-corrected chi connectivity index (χ2v) is 5.29. The lowest BCUT2D eigenvalue weighted by Gasteiger charge is -2.22. The Morgan fingerprint density at radius 2 is 1.64 bits per heavy atom. The molecule has 1 amide bonds. The highest BCUT2D eigenvalue weighted by Crippen LogP contribution is 2.08. The molecule has 0 heterocycles. The fraction of sp³-hybridized carbons (Fsp3) is 0.533. The van der Waals surface area contributed by atoms with Gasteiger partial charge in [0.1, 0.15) is 24.9 Å². The van der Waals surface area contributed by atoms with Gasteiger partial charge >= 0.3 is 18.0 Å². The van der Waals surface area contributed by atoms with E-state index in [0.29, 0.717) is 0 Å². The minimum absolute atomic E-state index is 0.0136. The van der Waals surface area contributed by atoms with E-state index in [1.54, 1.807) is 20.8 Å². The van der Waals surface area contributed by atoms with Crippen molar-refractivity contribution < 1.29 is 28.6 Å². The molecule has 1 atom stereocenters. The average Bonchev–Trinajstić information content (AvgIpc) is 2.39. The van der Waals surface area contributed by atoms with Gasteiger partial charge in [-0.15, -0.1) is 0 Å². The van der Waals surface area contributed by atoms with Crippen LogP contribution in [0.2, 0.25) is 0 Å². The number of ether oxygens (including phenoxy) is 3. The first-order valence-corrected chi connectivity index (χ1v) is 6.73. The van der Waals surface area contributed by atoms with Gasteiger partial charge in [-0.25, -0.2) is 9.59 Å². The van der Waals surface area contributed by atoms with Crippen molar-refractivity contribution in [3.8, 4) is 0 Å². The second-order valence-electron chi connectivity index (χ2n) is 5.29. The normalized spacial score (nSPS) is 11.8. The highest BCUT2D eigenvalue weighted by atomic mass is 16.6. The predicted octanol–water partition coefficient (Wildman–Crippen LogP) is 1.73. The minimum Gasteiger partial charge on any atom is -0.461 e. The summed E-state index contributed by atoms with van der Waals surface area (Å²) in [6, 6.07) is -1.20. The first kappa shape index (κ1) is 19.7. The SMILES string of the molecule is C=CCOC(=O)C[C@H](NC(=O)OC(C)(C)C)C(=O)OCC=C. The summed E-state index contributed by atoms with van der Waals surface area (Å²) in [4.78, 5) is 35.1. The average molecular weight is 313 g/mol. The number of alkyl carbamates (subject to hydrolysis) is 1. The Bertz CT molecular complexity index is 424. The summed E-state index contributed by atoms with van der Waals surface area (Å²) >= 11 is 0. The molecule has 22 heavy (non-hydrogen) atoms. The largest absolute Gasteiger partial charge is 0.461 e. The molecule has 0 radical (unpaired) electrons. The number of hydrogen-bond donors (Lipinski definition) is 1. The van der Waals surface area contributed by atoms with Crippen molar-refractivity contribution in [2.24, 2.45) is 0 Å². The fourth-order valence-corrected chi connectivity index (χ4v) is 1.26. The Labute approximate surface area is 130 Å². The molecule has 0 aromatic heterocycles. The first-order chi connectivity index (χ1) is 10.2. The maximum Gasteiger partial charge on any atom is 0.408 e. The van der Waals surface area contributed by atoms with Crippen LogP contribution in [0, 0.1) is 0 Å². The van der Waals surface area contributed by atoms with Gasteiger partial charge in [0.05, 0.1) is 6.42 Å². The summed E-state index contributed by atoms with van der Waals surface area (Å²) in [5.74, 6) is -1.45. The van der Waals surface area contributed by atoms with Crippen molar-refractivity contribution in [1.82, 2.24) is 5.32 Å². The zero-order valence-electron chi connectivity index (χ0n) is 13.2.